The van der Waals surface area contributed by atoms with Crippen LogP contribution in [0.15, 0.2) is 59.1 Å². The second-order valence-electron chi connectivity index (χ2n) is 6.16. The van der Waals surface area contributed by atoms with Crippen molar-refractivity contribution in [2.24, 2.45) is 0 Å². The maximum atomic E-state index is 12.3. The first-order valence-corrected chi connectivity index (χ1v) is 9.26. The number of benzene rings is 2. The number of rotatable bonds is 8. The Morgan fingerprint density at radius 2 is 1.86 bits per heavy atom. The number of esters is 1. The van der Waals surface area contributed by atoms with Crippen molar-refractivity contribution >= 4 is 17.6 Å². The summed E-state index contributed by atoms with van der Waals surface area (Å²) >= 11 is 0. The summed E-state index contributed by atoms with van der Waals surface area (Å²) in [6.07, 6.45) is 2.14. The number of nitrogens with one attached hydrogen (secondary N) is 1. The molecule has 0 saturated heterocycles. The van der Waals surface area contributed by atoms with Crippen LogP contribution in [0.25, 0.3) is 11.3 Å². The van der Waals surface area contributed by atoms with Gasteiger partial charge in [-0.3, -0.25) is 4.79 Å². The van der Waals surface area contributed by atoms with Crippen molar-refractivity contribution in [3.63, 3.8) is 0 Å². The van der Waals surface area contributed by atoms with Crippen LogP contribution in [0.2, 0.25) is 0 Å². The number of methoxy groups -OCH3 is 1. The highest BCUT2D eigenvalue weighted by molar-refractivity contribution is 6.01. The highest BCUT2D eigenvalue weighted by Crippen LogP contribution is 2.24. The van der Waals surface area contributed by atoms with Crippen LogP contribution >= 0.6 is 0 Å². The van der Waals surface area contributed by atoms with Gasteiger partial charge in [0.2, 0.25) is 5.91 Å². The fourth-order valence-corrected chi connectivity index (χ4v) is 2.75. The molecule has 0 fully saturated rings. The normalized spacial score (nSPS) is 10.4. The molecule has 1 N–H and O–H groups in total. The van der Waals surface area contributed by atoms with Crippen molar-refractivity contribution in [1.29, 1.82) is 0 Å². The molecule has 150 valence electrons. The second-order valence-corrected chi connectivity index (χ2v) is 6.16. The predicted octanol–water partition coefficient (Wildman–Crippen LogP) is 4.10. The number of aryl methyl sites for hydroxylation is 1. The van der Waals surface area contributed by atoms with Gasteiger partial charge in [0.15, 0.2) is 11.7 Å². The van der Waals surface area contributed by atoms with Crippen LogP contribution in [-0.2, 0) is 16.0 Å². The molecular formula is C22H22N2O5. The Labute approximate surface area is 168 Å². The van der Waals surface area contributed by atoms with Gasteiger partial charge in [0.25, 0.3) is 0 Å². The Balaban J connectivity index is 1.58. The number of para-hydroxylation sites is 1. The van der Waals surface area contributed by atoms with E-state index in [2.05, 4.69) is 10.3 Å². The van der Waals surface area contributed by atoms with E-state index in [1.54, 1.807) is 30.5 Å². The lowest BCUT2D eigenvalue weighted by atomic mass is 10.1. The molecule has 7 nitrogen and oxygen atoms in total. The Bertz CT molecular complexity index is 979. The van der Waals surface area contributed by atoms with Gasteiger partial charge in [-0.25, -0.2) is 9.78 Å². The molecule has 0 aliphatic heterocycles. The average molecular weight is 394 g/mol. The van der Waals surface area contributed by atoms with E-state index in [-0.39, 0.29) is 12.3 Å². The third-order valence-electron chi connectivity index (χ3n) is 4.18. The lowest BCUT2D eigenvalue weighted by Crippen LogP contribution is -2.15. The summed E-state index contributed by atoms with van der Waals surface area (Å²) in [5.41, 5.74) is 1.59. The number of anilines is 1. The van der Waals surface area contributed by atoms with Gasteiger partial charge in [0.05, 0.1) is 31.2 Å². The topological polar surface area (TPSA) is 90.7 Å². The van der Waals surface area contributed by atoms with Gasteiger partial charge in [-0.05, 0) is 43.3 Å². The molecule has 0 saturated carbocycles. The number of nitrogens with zero attached hydrogens (tertiary/aromatic N) is 1. The number of hydrogen-bond donors (Lipinski definition) is 1. The van der Waals surface area contributed by atoms with Gasteiger partial charge in [-0.2, -0.15) is 0 Å². The first-order chi connectivity index (χ1) is 14.1. The zero-order valence-electron chi connectivity index (χ0n) is 16.3. The van der Waals surface area contributed by atoms with Crippen LogP contribution in [0, 0.1) is 0 Å². The summed E-state index contributed by atoms with van der Waals surface area (Å²) < 4.78 is 15.9. The van der Waals surface area contributed by atoms with Crippen LogP contribution in [0.1, 0.15) is 29.6 Å². The van der Waals surface area contributed by atoms with Crippen LogP contribution < -0.4 is 10.1 Å². The SMILES string of the molecule is CCOc1ccc(-c2cnc(CCC(=O)Nc3ccccc3C(=O)OC)o2)cc1. The van der Waals surface area contributed by atoms with Crippen LogP contribution in [0.4, 0.5) is 5.69 Å². The third kappa shape index (κ3) is 5.22. The number of ether oxygens (including phenoxy) is 2. The maximum Gasteiger partial charge on any atom is 0.339 e. The molecule has 0 radical (unpaired) electrons. The van der Waals surface area contributed by atoms with Gasteiger partial charge >= 0.3 is 5.97 Å². The summed E-state index contributed by atoms with van der Waals surface area (Å²) in [6.45, 7) is 2.54. The van der Waals surface area contributed by atoms with Gasteiger partial charge < -0.3 is 19.2 Å². The van der Waals surface area contributed by atoms with E-state index in [0.717, 1.165) is 11.3 Å². The van der Waals surface area contributed by atoms with Crippen LogP contribution in [0.5, 0.6) is 5.75 Å². The molecule has 1 amide bonds. The first-order valence-electron chi connectivity index (χ1n) is 9.26. The van der Waals surface area contributed by atoms with E-state index in [1.165, 1.54) is 7.11 Å². The Morgan fingerprint density at radius 3 is 2.59 bits per heavy atom. The van der Waals surface area contributed by atoms with E-state index >= 15 is 0 Å². The van der Waals surface area contributed by atoms with Crippen molar-refractivity contribution in [3.8, 4) is 17.1 Å². The number of carbonyl (C=O) groups is 2. The van der Waals surface area contributed by atoms with Crippen LogP contribution in [0.3, 0.4) is 0 Å². The number of hydrogen-bond acceptors (Lipinski definition) is 6. The molecule has 1 heterocycles. The molecule has 3 rings (SSSR count). The number of oxazole rings is 1. The molecule has 0 bridgehead atoms. The van der Waals surface area contributed by atoms with Gasteiger partial charge in [-0.15, -0.1) is 0 Å². The van der Waals surface area contributed by atoms with Gasteiger partial charge in [0, 0.05) is 18.4 Å². The van der Waals surface area contributed by atoms with E-state index in [0.29, 0.717) is 35.9 Å². The largest absolute Gasteiger partial charge is 0.494 e. The highest BCUT2D eigenvalue weighted by atomic mass is 16.5. The number of amides is 1. The highest BCUT2D eigenvalue weighted by Gasteiger charge is 2.14. The molecular weight excluding hydrogens is 372 g/mol. The van der Waals surface area contributed by atoms with Crippen molar-refractivity contribution in [2.75, 3.05) is 19.0 Å². The quantitative estimate of drug-likeness (QED) is 0.579. The standard InChI is InChI=1S/C22H22N2O5/c1-3-28-16-10-8-15(9-11-16)19-14-23-21(29-19)13-12-20(25)24-18-7-5-4-6-17(18)22(26)27-2/h4-11,14H,3,12-13H2,1-2H3,(H,24,25). The third-order valence-corrected chi connectivity index (χ3v) is 4.18. The molecule has 29 heavy (non-hydrogen) atoms. The molecule has 0 atom stereocenters. The Morgan fingerprint density at radius 1 is 1.10 bits per heavy atom. The Kier molecular flexibility index (Phi) is 6.63. The summed E-state index contributed by atoms with van der Waals surface area (Å²) in [7, 11) is 1.30. The number of aromatic nitrogens is 1. The molecule has 0 aliphatic rings. The molecule has 0 unspecified atom stereocenters. The summed E-state index contributed by atoms with van der Waals surface area (Å²) in [4.78, 5) is 28.3. The second kappa shape index (κ2) is 9.54. The van der Waals surface area contributed by atoms with Crippen molar-refractivity contribution in [1.82, 2.24) is 4.98 Å². The summed E-state index contributed by atoms with van der Waals surface area (Å²) in [6, 6.07) is 14.2. The van der Waals surface area contributed by atoms with Gasteiger partial charge in [-0.1, -0.05) is 12.1 Å². The molecule has 2 aromatic carbocycles. The molecule has 0 spiro atoms. The lowest BCUT2D eigenvalue weighted by Gasteiger charge is -2.09. The van der Waals surface area contributed by atoms with Crippen molar-refractivity contribution < 1.29 is 23.5 Å². The smallest absolute Gasteiger partial charge is 0.339 e. The summed E-state index contributed by atoms with van der Waals surface area (Å²) in [5, 5.41) is 2.73. The van der Waals surface area contributed by atoms with E-state index in [1.807, 2.05) is 31.2 Å². The Hall–Kier alpha value is -3.61. The monoisotopic (exact) mass is 394 g/mol. The van der Waals surface area contributed by atoms with Gasteiger partial charge in [0.1, 0.15) is 5.75 Å². The number of carbonyl (C=O) groups excluding carboxylic acids is 2. The average Bonchev–Trinajstić information content (AvgIpc) is 3.22. The molecule has 1 aromatic heterocycles. The maximum absolute atomic E-state index is 12.3. The minimum atomic E-state index is -0.506. The predicted molar refractivity (Wildman–Crippen MR) is 108 cm³/mol. The molecule has 3 aromatic rings. The molecule has 7 heteroatoms. The molecule has 0 aliphatic carbocycles. The van der Waals surface area contributed by atoms with Crippen molar-refractivity contribution in [3.05, 3.63) is 66.2 Å². The van der Waals surface area contributed by atoms with E-state index in [9.17, 15) is 9.59 Å². The lowest BCUT2D eigenvalue weighted by molar-refractivity contribution is -0.116. The fourth-order valence-electron chi connectivity index (χ4n) is 2.75. The van der Waals surface area contributed by atoms with E-state index < -0.39 is 5.97 Å². The van der Waals surface area contributed by atoms with Crippen molar-refractivity contribution in [2.45, 2.75) is 19.8 Å². The zero-order valence-corrected chi connectivity index (χ0v) is 16.3. The zero-order chi connectivity index (χ0) is 20.6. The van der Waals surface area contributed by atoms with E-state index in [4.69, 9.17) is 13.9 Å². The fraction of sp³-hybridized carbons (Fsp3) is 0.227. The van der Waals surface area contributed by atoms with Crippen LogP contribution in [-0.4, -0.2) is 30.6 Å². The minimum absolute atomic E-state index is 0.165. The first kappa shape index (κ1) is 20.1. The minimum Gasteiger partial charge on any atom is -0.494 e. The summed E-state index contributed by atoms with van der Waals surface area (Å²) in [5.74, 6) is 1.13.